The number of carboxylic acids is 1. The zero-order chi connectivity index (χ0) is 18.4. The average Bonchev–Trinajstić information content (AvgIpc) is 2.60. The van der Waals surface area contributed by atoms with Gasteiger partial charge in [-0.3, -0.25) is 0 Å². The quantitative estimate of drug-likeness (QED) is 0.839. The first-order valence-corrected chi connectivity index (χ1v) is 8.27. The molecule has 2 aromatic carbocycles. The minimum atomic E-state index is -0.959. The maximum atomic E-state index is 12.2. The van der Waals surface area contributed by atoms with Crippen LogP contribution < -0.4 is 5.32 Å². The fourth-order valence-corrected chi connectivity index (χ4v) is 2.43. The Labute approximate surface area is 148 Å². The molecule has 0 radical (unpaired) electrons. The number of benzene rings is 2. The second-order valence-electron chi connectivity index (χ2n) is 6.41. The minimum Gasteiger partial charge on any atom is -0.478 e. The van der Waals surface area contributed by atoms with E-state index in [0.29, 0.717) is 19.0 Å². The van der Waals surface area contributed by atoms with E-state index >= 15 is 0 Å². The summed E-state index contributed by atoms with van der Waals surface area (Å²) in [6, 6.07) is 14.6. The summed E-state index contributed by atoms with van der Waals surface area (Å²) in [7, 11) is 1.75. The van der Waals surface area contributed by atoms with Gasteiger partial charge in [0.2, 0.25) is 0 Å². The van der Waals surface area contributed by atoms with Crippen molar-refractivity contribution in [3.05, 3.63) is 70.8 Å². The molecule has 0 aliphatic heterocycles. The van der Waals surface area contributed by atoms with Crippen LogP contribution in [0.5, 0.6) is 0 Å². The van der Waals surface area contributed by atoms with Gasteiger partial charge in [-0.15, -0.1) is 0 Å². The molecular formula is C20H24N2O3. The highest BCUT2D eigenvalue weighted by Gasteiger charge is 2.09. The number of nitrogens with one attached hydrogen (secondary N) is 1. The Bertz CT molecular complexity index is 722. The van der Waals surface area contributed by atoms with Gasteiger partial charge < -0.3 is 15.3 Å². The van der Waals surface area contributed by atoms with E-state index in [0.717, 1.165) is 11.1 Å². The Morgan fingerprint density at radius 1 is 1.00 bits per heavy atom. The predicted octanol–water partition coefficient (Wildman–Crippen LogP) is 3.85. The Balaban J connectivity index is 1.86. The second kappa shape index (κ2) is 8.33. The normalized spacial score (nSPS) is 10.6. The number of hydrogen-bond acceptors (Lipinski definition) is 2. The van der Waals surface area contributed by atoms with E-state index in [1.807, 2.05) is 12.1 Å². The van der Waals surface area contributed by atoms with Crippen molar-refractivity contribution >= 4 is 12.0 Å². The monoisotopic (exact) mass is 340 g/mol. The van der Waals surface area contributed by atoms with Crippen LogP contribution in [0.1, 0.15) is 46.8 Å². The molecule has 2 N–H and O–H groups in total. The van der Waals surface area contributed by atoms with Crippen LogP contribution in [0.15, 0.2) is 48.5 Å². The first-order valence-electron chi connectivity index (χ1n) is 8.27. The van der Waals surface area contributed by atoms with Crippen molar-refractivity contribution in [1.82, 2.24) is 10.2 Å². The highest BCUT2D eigenvalue weighted by molar-refractivity contribution is 5.87. The fourth-order valence-electron chi connectivity index (χ4n) is 2.43. The number of carbonyl (C=O) groups is 2. The molecule has 2 rings (SSSR count). The molecule has 0 bridgehead atoms. The van der Waals surface area contributed by atoms with Gasteiger partial charge in [-0.25, -0.2) is 9.59 Å². The van der Waals surface area contributed by atoms with E-state index in [1.54, 1.807) is 24.1 Å². The third-order valence-corrected chi connectivity index (χ3v) is 4.06. The Hall–Kier alpha value is -2.82. The van der Waals surface area contributed by atoms with Crippen LogP contribution in [-0.2, 0) is 13.1 Å². The van der Waals surface area contributed by atoms with Gasteiger partial charge in [-0.05, 0) is 34.7 Å². The van der Waals surface area contributed by atoms with Gasteiger partial charge in [0.25, 0.3) is 0 Å². The Kier molecular flexibility index (Phi) is 6.17. The molecule has 0 heterocycles. The van der Waals surface area contributed by atoms with Crippen molar-refractivity contribution in [2.45, 2.75) is 32.9 Å². The lowest BCUT2D eigenvalue weighted by Crippen LogP contribution is -2.36. The molecule has 0 aliphatic rings. The van der Waals surface area contributed by atoms with Gasteiger partial charge in [-0.2, -0.15) is 0 Å². The number of carbonyl (C=O) groups excluding carboxylic acids is 1. The number of rotatable bonds is 6. The Morgan fingerprint density at radius 2 is 1.56 bits per heavy atom. The average molecular weight is 340 g/mol. The number of amides is 2. The Morgan fingerprint density at radius 3 is 2.08 bits per heavy atom. The summed E-state index contributed by atoms with van der Waals surface area (Å²) in [4.78, 5) is 24.6. The molecule has 2 amide bonds. The van der Waals surface area contributed by atoms with Crippen LogP contribution in [0.2, 0.25) is 0 Å². The largest absolute Gasteiger partial charge is 0.478 e. The summed E-state index contributed by atoms with van der Waals surface area (Å²) in [5.41, 5.74) is 3.44. The van der Waals surface area contributed by atoms with Gasteiger partial charge in [0, 0.05) is 20.1 Å². The molecule has 0 aliphatic carbocycles. The van der Waals surface area contributed by atoms with Crippen molar-refractivity contribution in [3.63, 3.8) is 0 Å². The van der Waals surface area contributed by atoms with Crippen LogP contribution in [0.4, 0.5) is 4.79 Å². The molecular weight excluding hydrogens is 316 g/mol. The van der Waals surface area contributed by atoms with Gasteiger partial charge in [0.15, 0.2) is 0 Å². The number of carboxylic acid groups (broad SMARTS) is 1. The third-order valence-electron chi connectivity index (χ3n) is 4.06. The van der Waals surface area contributed by atoms with Gasteiger partial charge >= 0.3 is 12.0 Å². The van der Waals surface area contributed by atoms with E-state index in [4.69, 9.17) is 5.11 Å². The molecule has 132 valence electrons. The molecule has 0 fully saturated rings. The summed E-state index contributed by atoms with van der Waals surface area (Å²) in [6.45, 7) is 5.19. The van der Waals surface area contributed by atoms with Gasteiger partial charge in [0.1, 0.15) is 0 Å². The minimum absolute atomic E-state index is 0.171. The van der Waals surface area contributed by atoms with Crippen LogP contribution in [0.3, 0.4) is 0 Å². The third kappa shape index (κ3) is 5.35. The van der Waals surface area contributed by atoms with E-state index in [9.17, 15) is 9.59 Å². The zero-order valence-electron chi connectivity index (χ0n) is 14.8. The molecule has 0 unspecified atom stereocenters. The number of hydrogen-bond donors (Lipinski definition) is 2. The summed E-state index contributed by atoms with van der Waals surface area (Å²) in [5.74, 6) is -0.471. The molecule has 0 atom stereocenters. The molecule has 2 aromatic rings. The maximum absolute atomic E-state index is 12.2. The molecule has 5 heteroatoms. The van der Waals surface area contributed by atoms with Crippen LogP contribution >= 0.6 is 0 Å². The maximum Gasteiger partial charge on any atom is 0.335 e. The topological polar surface area (TPSA) is 69.6 Å². The summed E-state index contributed by atoms with van der Waals surface area (Å²) in [5, 5.41) is 11.7. The number of urea groups is 1. The smallest absolute Gasteiger partial charge is 0.335 e. The van der Waals surface area contributed by atoms with Crippen molar-refractivity contribution in [2.75, 3.05) is 7.05 Å². The first-order chi connectivity index (χ1) is 11.9. The van der Waals surface area contributed by atoms with Crippen molar-refractivity contribution in [2.24, 2.45) is 0 Å². The molecule has 0 spiro atoms. The standard InChI is InChI=1S/C20H24N2O3/c1-14(2)17-8-6-16(7-9-17)13-22(3)20(25)21-12-15-4-10-18(11-5-15)19(23)24/h4-11,14H,12-13H2,1-3H3,(H,21,25)(H,23,24). The fraction of sp³-hybridized carbons (Fsp3) is 0.300. The number of aromatic carboxylic acids is 1. The molecule has 5 nitrogen and oxygen atoms in total. The van der Waals surface area contributed by atoms with Crippen LogP contribution in [0.25, 0.3) is 0 Å². The summed E-state index contributed by atoms with van der Waals surface area (Å²) in [6.07, 6.45) is 0. The highest BCUT2D eigenvalue weighted by atomic mass is 16.4. The van der Waals surface area contributed by atoms with Crippen LogP contribution in [0, 0.1) is 0 Å². The van der Waals surface area contributed by atoms with Gasteiger partial charge in [0.05, 0.1) is 5.56 Å². The van der Waals surface area contributed by atoms with Crippen molar-refractivity contribution in [1.29, 1.82) is 0 Å². The summed E-state index contributed by atoms with van der Waals surface area (Å²) < 4.78 is 0. The zero-order valence-corrected chi connectivity index (χ0v) is 14.8. The second-order valence-corrected chi connectivity index (χ2v) is 6.41. The molecule has 0 saturated heterocycles. The van der Waals surface area contributed by atoms with Gasteiger partial charge in [-0.1, -0.05) is 50.2 Å². The first kappa shape index (κ1) is 18.5. The van der Waals surface area contributed by atoms with Crippen molar-refractivity contribution < 1.29 is 14.7 Å². The lowest BCUT2D eigenvalue weighted by molar-refractivity contribution is 0.0697. The van der Waals surface area contributed by atoms with E-state index < -0.39 is 5.97 Å². The number of nitrogens with zero attached hydrogens (tertiary/aromatic N) is 1. The molecule has 25 heavy (non-hydrogen) atoms. The van der Waals surface area contributed by atoms with E-state index in [2.05, 4.69) is 31.3 Å². The summed E-state index contributed by atoms with van der Waals surface area (Å²) >= 11 is 0. The van der Waals surface area contributed by atoms with E-state index in [1.165, 1.54) is 17.7 Å². The van der Waals surface area contributed by atoms with E-state index in [-0.39, 0.29) is 11.6 Å². The SMILES string of the molecule is CC(C)c1ccc(CN(C)C(=O)NCc2ccc(C(=O)O)cc2)cc1. The lowest BCUT2D eigenvalue weighted by atomic mass is 10.0. The lowest BCUT2D eigenvalue weighted by Gasteiger charge is -2.18. The van der Waals surface area contributed by atoms with Crippen molar-refractivity contribution in [3.8, 4) is 0 Å². The molecule has 0 saturated carbocycles. The molecule has 0 aromatic heterocycles. The highest BCUT2D eigenvalue weighted by Crippen LogP contribution is 2.15. The predicted molar refractivity (Wildman–Crippen MR) is 97.6 cm³/mol. The van der Waals surface area contributed by atoms with Crippen LogP contribution in [-0.4, -0.2) is 29.1 Å².